The Hall–Kier alpha value is -0.430. The molecule has 0 radical (unpaired) electrons. The van der Waals surface area contributed by atoms with Gasteiger partial charge in [0.2, 0.25) is 10.0 Å². The van der Waals surface area contributed by atoms with Crippen LogP contribution in [0.15, 0.2) is 12.7 Å². The summed E-state index contributed by atoms with van der Waals surface area (Å²) in [6.45, 7) is 7.38. The Balaban J connectivity index is 2.85. The van der Waals surface area contributed by atoms with Crippen molar-refractivity contribution in [2.24, 2.45) is 0 Å². The summed E-state index contributed by atoms with van der Waals surface area (Å²) in [5.41, 5.74) is -0.570. The summed E-state index contributed by atoms with van der Waals surface area (Å²) in [5, 5.41) is 9.07. The molecular weight excluding hydrogens is 230 g/mol. The monoisotopic (exact) mass is 249 g/mol. The van der Waals surface area contributed by atoms with Gasteiger partial charge in [0, 0.05) is 13.1 Å². The topological polar surface area (TPSA) is 66.8 Å². The van der Waals surface area contributed by atoms with E-state index in [0.717, 1.165) is 0 Å². The molecule has 1 rings (SSSR count). The summed E-state index contributed by atoms with van der Waals surface area (Å²) in [6, 6.07) is 0. The quantitative estimate of drug-likeness (QED) is 0.711. The Labute approximate surface area is 96.8 Å². The molecule has 1 fully saturated rings. The second kappa shape index (κ2) is 4.83. The highest BCUT2D eigenvalue weighted by molar-refractivity contribution is 7.89. The first-order chi connectivity index (χ1) is 7.30. The molecular formula is C10H19NO4S. The van der Waals surface area contributed by atoms with E-state index in [1.54, 1.807) is 0 Å². The second-order valence-corrected chi connectivity index (χ2v) is 6.56. The maximum atomic E-state index is 11.9. The molecule has 1 heterocycles. The van der Waals surface area contributed by atoms with E-state index in [0.29, 0.717) is 6.54 Å². The lowest BCUT2D eigenvalue weighted by Crippen LogP contribution is -2.55. The molecule has 1 saturated heterocycles. The van der Waals surface area contributed by atoms with Crippen LogP contribution in [0.4, 0.5) is 0 Å². The number of nitrogens with zero attached hydrogens (tertiary/aromatic N) is 1. The van der Waals surface area contributed by atoms with Crippen molar-refractivity contribution >= 4 is 10.0 Å². The highest BCUT2D eigenvalue weighted by Crippen LogP contribution is 2.23. The van der Waals surface area contributed by atoms with Gasteiger partial charge in [-0.05, 0) is 13.8 Å². The predicted molar refractivity (Wildman–Crippen MR) is 61.6 cm³/mol. The standard InChI is InChI=1S/C10H19NO4S/c1-4-5-16(13,14)11-6-9(7-12)15-10(2,3)8-11/h4,9,12H,1,5-8H2,2-3H3. The molecule has 6 heteroatoms. The first kappa shape index (κ1) is 13.6. The van der Waals surface area contributed by atoms with Crippen molar-refractivity contribution in [2.45, 2.75) is 25.6 Å². The molecule has 1 atom stereocenters. The van der Waals surface area contributed by atoms with Gasteiger partial charge >= 0.3 is 0 Å². The zero-order valence-corrected chi connectivity index (χ0v) is 10.5. The van der Waals surface area contributed by atoms with Crippen molar-refractivity contribution < 1.29 is 18.3 Å². The fourth-order valence-corrected chi connectivity index (χ4v) is 3.21. The SMILES string of the molecule is C=CCS(=O)(=O)N1CC(CO)OC(C)(C)C1. The zero-order valence-electron chi connectivity index (χ0n) is 9.72. The van der Waals surface area contributed by atoms with Crippen LogP contribution in [0.5, 0.6) is 0 Å². The van der Waals surface area contributed by atoms with Crippen LogP contribution in [-0.2, 0) is 14.8 Å². The average molecular weight is 249 g/mol. The number of aliphatic hydroxyl groups excluding tert-OH is 1. The molecule has 0 bridgehead atoms. The third kappa shape index (κ3) is 3.28. The van der Waals surface area contributed by atoms with Crippen LogP contribution in [0.25, 0.3) is 0 Å². The molecule has 1 N–H and O–H groups in total. The summed E-state index contributed by atoms with van der Waals surface area (Å²) in [6.07, 6.45) is 0.912. The van der Waals surface area contributed by atoms with Gasteiger partial charge in [0.25, 0.3) is 0 Å². The maximum absolute atomic E-state index is 11.9. The first-order valence-corrected chi connectivity index (χ1v) is 6.79. The molecule has 5 nitrogen and oxygen atoms in total. The number of hydrogen-bond donors (Lipinski definition) is 1. The molecule has 94 valence electrons. The number of rotatable bonds is 4. The largest absolute Gasteiger partial charge is 0.394 e. The van der Waals surface area contributed by atoms with Gasteiger partial charge < -0.3 is 9.84 Å². The third-order valence-corrected chi connectivity index (χ3v) is 4.10. The molecule has 0 amide bonds. The van der Waals surface area contributed by atoms with Gasteiger partial charge in [-0.2, -0.15) is 4.31 Å². The lowest BCUT2D eigenvalue weighted by atomic mass is 10.1. The number of sulfonamides is 1. The Morgan fingerprint density at radius 2 is 2.25 bits per heavy atom. The lowest BCUT2D eigenvalue weighted by Gasteiger charge is -2.41. The molecule has 0 saturated carbocycles. The Morgan fingerprint density at radius 3 is 2.75 bits per heavy atom. The minimum Gasteiger partial charge on any atom is -0.394 e. The van der Waals surface area contributed by atoms with Gasteiger partial charge in [-0.25, -0.2) is 8.42 Å². The van der Waals surface area contributed by atoms with Crippen LogP contribution in [0.3, 0.4) is 0 Å². The molecule has 1 unspecified atom stereocenters. The van der Waals surface area contributed by atoms with Crippen molar-refractivity contribution in [2.75, 3.05) is 25.4 Å². The normalized spacial score (nSPS) is 26.6. The van der Waals surface area contributed by atoms with Gasteiger partial charge in [0.15, 0.2) is 0 Å². The Kier molecular flexibility index (Phi) is 4.12. The van der Waals surface area contributed by atoms with Crippen molar-refractivity contribution in [3.05, 3.63) is 12.7 Å². The Bertz CT molecular complexity index is 350. The highest BCUT2D eigenvalue weighted by Gasteiger charge is 2.37. The second-order valence-electron chi connectivity index (χ2n) is 4.54. The van der Waals surface area contributed by atoms with Crippen LogP contribution in [0.2, 0.25) is 0 Å². The number of aliphatic hydroxyl groups is 1. The average Bonchev–Trinajstić information content (AvgIpc) is 2.15. The van der Waals surface area contributed by atoms with Gasteiger partial charge in [0.05, 0.1) is 24.1 Å². The fraction of sp³-hybridized carbons (Fsp3) is 0.800. The molecule has 0 aliphatic carbocycles. The van der Waals surface area contributed by atoms with Crippen molar-refractivity contribution in [3.63, 3.8) is 0 Å². The molecule has 0 aromatic rings. The van der Waals surface area contributed by atoms with E-state index in [-0.39, 0.29) is 18.9 Å². The first-order valence-electron chi connectivity index (χ1n) is 5.18. The Morgan fingerprint density at radius 1 is 1.62 bits per heavy atom. The summed E-state index contributed by atoms with van der Waals surface area (Å²) >= 11 is 0. The van der Waals surface area contributed by atoms with E-state index >= 15 is 0 Å². The van der Waals surface area contributed by atoms with Gasteiger partial charge in [-0.3, -0.25) is 0 Å². The van der Waals surface area contributed by atoms with Crippen molar-refractivity contribution in [1.82, 2.24) is 4.31 Å². The minimum absolute atomic E-state index is 0.0821. The number of morpholine rings is 1. The van der Waals surface area contributed by atoms with E-state index in [1.807, 2.05) is 13.8 Å². The van der Waals surface area contributed by atoms with Gasteiger partial charge in [0.1, 0.15) is 0 Å². The minimum atomic E-state index is -3.32. The number of ether oxygens (including phenoxy) is 1. The van der Waals surface area contributed by atoms with Crippen LogP contribution in [0, 0.1) is 0 Å². The maximum Gasteiger partial charge on any atom is 0.217 e. The summed E-state index contributed by atoms with van der Waals surface area (Å²) in [4.78, 5) is 0. The van der Waals surface area contributed by atoms with Crippen LogP contribution in [-0.4, -0.2) is 55.0 Å². The van der Waals surface area contributed by atoms with E-state index in [4.69, 9.17) is 9.84 Å². The van der Waals surface area contributed by atoms with E-state index < -0.39 is 21.7 Å². The zero-order chi connectivity index (χ0) is 12.4. The molecule has 0 aromatic carbocycles. The van der Waals surface area contributed by atoms with Crippen LogP contribution in [0.1, 0.15) is 13.8 Å². The van der Waals surface area contributed by atoms with Crippen molar-refractivity contribution in [1.29, 1.82) is 0 Å². The highest BCUT2D eigenvalue weighted by atomic mass is 32.2. The van der Waals surface area contributed by atoms with E-state index in [2.05, 4.69) is 6.58 Å². The summed E-state index contributed by atoms with van der Waals surface area (Å²) in [7, 11) is -3.32. The van der Waals surface area contributed by atoms with Gasteiger partial charge in [-0.15, -0.1) is 6.58 Å². The van der Waals surface area contributed by atoms with E-state index in [9.17, 15) is 8.42 Å². The predicted octanol–water partition coefficient (Wildman–Crippen LogP) is -0.0261. The van der Waals surface area contributed by atoms with Crippen molar-refractivity contribution in [3.8, 4) is 0 Å². The summed E-state index contributed by atoms with van der Waals surface area (Å²) < 4.78 is 30.6. The lowest BCUT2D eigenvalue weighted by molar-refractivity contribution is -0.131. The molecule has 1 aliphatic heterocycles. The van der Waals surface area contributed by atoms with Gasteiger partial charge in [-0.1, -0.05) is 6.08 Å². The molecule has 16 heavy (non-hydrogen) atoms. The molecule has 0 aromatic heterocycles. The smallest absolute Gasteiger partial charge is 0.217 e. The summed E-state index contributed by atoms with van der Waals surface area (Å²) in [5.74, 6) is -0.0821. The van der Waals surface area contributed by atoms with Crippen LogP contribution < -0.4 is 0 Å². The van der Waals surface area contributed by atoms with E-state index in [1.165, 1.54) is 10.4 Å². The molecule has 1 aliphatic rings. The van der Waals surface area contributed by atoms with Crippen LogP contribution >= 0.6 is 0 Å². The fourth-order valence-electron chi connectivity index (χ4n) is 1.80. The third-order valence-electron chi connectivity index (χ3n) is 2.38. The number of hydrogen-bond acceptors (Lipinski definition) is 4. The molecule has 0 spiro atoms.